The highest BCUT2D eigenvalue weighted by Gasteiger charge is 2.18. The zero-order valence-corrected chi connectivity index (χ0v) is 27.7. The van der Waals surface area contributed by atoms with Crippen molar-refractivity contribution in [1.82, 2.24) is 9.55 Å². The lowest BCUT2D eigenvalue weighted by Crippen LogP contribution is -2.29. The molecule has 0 aliphatic heterocycles. The fourth-order valence-electron chi connectivity index (χ4n) is 4.64. The Balaban J connectivity index is 1.56. The van der Waals surface area contributed by atoms with Crippen molar-refractivity contribution < 1.29 is 14.3 Å². The molecule has 2 aromatic heterocycles. The number of anilines is 2. The van der Waals surface area contributed by atoms with E-state index in [1.165, 1.54) is 28.1 Å². The number of unbranched alkanes of at least 4 members (excludes halogenated alkanes) is 1. The lowest BCUT2D eigenvalue weighted by Gasteiger charge is -2.17. The van der Waals surface area contributed by atoms with Gasteiger partial charge in [0.05, 0.1) is 11.8 Å². The maximum atomic E-state index is 13.8. The molecular weight excluding hydrogens is 593 g/mol. The van der Waals surface area contributed by atoms with E-state index in [0.717, 1.165) is 45.3 Å². The number of thioether (sulfide) groups is 2. The van der Waals surface area contributed by atoms with Crippen LogP contribution in [0.2, 0.25) is 0 Å². The molecule has 0 fully saturated rings. The van der Waals surface area contributed by atoms with Gasteiger partial charge in [-0.25, -0.2) is 9.78 Å². The summed E-state index contributed by atoms with van der Waals surface area (Å²) in [4.78, 5) is 32.6. The number of pyridine rings is 2. The SMILES string of the molecule is CCCCc1ccn(-c2ccc(OCc3ccccc3OC(C)C)cc2)c(=O)c1NC(=O)Nc1c(SC)cc(C)nc1SC. The fraction of sp³-hybridized carbons (Fsp3) is 0.324. The van der Waals surface area contributed by atoms with Crippen molar-refractivity contribution in [3.63, 3.8) is 0 Å². The van der Waals surface area contributed by atoms with Gasteiger partial charge in [-0.1, -0.05) is 31.5 Å². The Kier molecular flexibility index (Phi) is 11.8. The van der Waals surface area contributed by atoms with Gasteiger partial charge in [-0.2, -0.15) is 0 Å². The number of hydrogen-bond donors (Lipinski definition) is 2. The number of amides is 2. The summed E-state index contributed by atoms with van der Waals surface area (Å²) in [6.45, 7) is 8.36. The topological polar surface area (TPSA) is 94.5 Å². The van der Waals surface area contributed by atoms with Gasteiger partial charge < -0.3 is 20.1 Å². The Morgan fingerprint density at radius 3 is 2.39 bits per heavy atom. The van der Waals surface area contributed by atoms with Crippen molar-refractivity contribution in [2.24, 2.45) is 0 Å². The molecule has 0 spiro atoms. The van der Waals surface area contributed by atoms with E-state index in [1.54, 1.807) is 6.20 Å². The van der Waals surface area contributed by atoms with Crippen LogP contribution in [0.4, 0.5) is 16.2 Å². The summed E-state index contributed by atoms with van der Waals surface area (Å²) >= 11 is 2.99. The minimum absolute atomic E-state index is 0.0628. The van der Waals surface area contributed by atoms with E-state index in [4.69, 9.17) is 9.47 Å². The van der Waals surface area contributed by atoms with Gasteiger partial charge in [-0.05, 0) is 94.2 Å². The maximum Gasteiger partial charge on any atom is 0.323 e. The second kappa shape index (κ2) is 15.7. The molecule has 0 saturated heterocycles. The molecule has 2 N–H and O–H groups in total. The number of carbonyl (C=O) groups excluding carboxylic acids is 1. The first-order valence-corrected chi connectivity index (χ1v) is 17.1. The molecule has 0 bridgehead atoms. The molecule has 0 aliphatic carbocycles. The molecule has 0 radical (unpaired) electrons. The Bertz CT molecular complexity index is 1610. The van der Waals surface area contributed by atoms with Crippen LogP contribution in [0.5, 0.6) is 11.5 Å². The van der Waals surface area contributed by atoms with E-state index in [9.17, 15) is 9.59 Å². The van der Waals surface area contributed by atoms with Gasteiger partial charge >= 0.3 is 6.03 Å². The summed E-state index contributed by atoms with van der Waals surface area (Å²) in [7, 11) is 0. The van der Waals surface area contributed by atoms with E-state index in [2.05, 4.69) is 22.5 Å². The number of hydrogen-bond acceptors (Lipinski definition) is 7. The van der Waals surface area contributed by atoms with Crippen molar-refractivity contribution in [3.8, 4) is 17.2 Å². The quantitative estimate of drug-likeness (QED) is 0.143. The highest BCUT2D eigenvalue weighted by molar-refractivity contribution is 7.99. The van der Waals surface area contributed by atoms with Crippen molar-refractivity contribution in [1.29, 1.82) is 0 Å². The van der Waals surface area contributed by atoms with Crippen LogP contribution in [0, 0.1) is 6.92 Å². The zero-order valence-electron chi connectivity index (χ0n) is 26.1. The Morgan fingerprint density at radius 2 is 1.70 bits per heavy atom. The number of benzene rings is 2. The Morgan fingerprint density at radius 1 is 0.977 bits per heavy atom. The molecule has 2 aromatic carbocycles. The van der Waals surface area contributed by atoms with Gasteiger partial charge in [0.2, 0.25) is 0 Å². The third-order valence-corrected chi connectivity index (χ3v) is 8.24. The molecule has 4 aromatic rings. The summed E-state index contributed by atoms with van der Waals surface area (Å²) < 4.78 is 13.5. The molecule has 2 heterocycles. The van der Waals surface area contributed by atoms with Gasteiger partial charge in [0.15, 0.2) is 0 Å². The Hall–Kier alpha value is -3.89. The molecule has 8 nitrogen and oxygen atoms in total. The molecule has 44 heavy (non-hydrogen) atoms. The lowest BCUT2D eigenvalue weighted by molar-refractivity contribution is 0.230. The van der Waals surface area contributed by atoms with E-state index >= 15 is 0 Å². The molecule has 10 heteroatoms. The van der Waals surface area contributed by atoms with Crippen molar-refractivity contribution in [3.05, 3.63) is 94.0 Å². The molecule has 232 valence electrons. The van der Waals surface area contributed by atoms with E-state index in [0.29, 0.717) is 30.2 Å². The number of aryl methyl sites for hydroxylation is 2. The normalized spacial score (nSPS) is 11.0. The summed E-state index contributed by atoms with van der Waals surface area (Å²) in [5, 5.41) is 6.54. The minimum Gasteiger partial charge on any atom is -0.491 e. The maximum absolute atomic E-state index is 13.8. The lowest BCUT2D eigenvalue weighted by atomic mass is 10.1. The number of rotatable bonds is 13. The average molecular weight is 633 g/mol. The van der Waals surface area contributed by atoms with Gasteiger partial charge in [0.1, 0.15) is 28.8 Å². The number of nitrogens with one attached hydrogen (secondary N) is 2. The van der Waals surface area contributed by atoms with Crippen LogP contribution < -0.4 is 25.7 Å². The van der Waals surface area contributed by atoms with Crippen LogP contribution in [-0.4, -0.2) is 34.2 Å². The molecule has 4 rings (SSSR count). The standard InChI is InChI=1S/C34H40N4O4S2/c1-7-8-11-24-18-19-38(26-14-16-27(17-15-26)41-21-25-12-9-10-13-28(25)42-22(2)3)33(39)30(24)36-34(40)37-31-29(43-5)20-23(4)35-32(31)44-6/h9-10,12-20,22H,7-8,11,21H2,1-6H3,(H2,36,37,40). The number of nitrogens with zero attached hydrogens (tertiary/aromatic N) is 2. The molecule has 0 saturated carbocycles. The Labute approximate surface area is 268 Å². The van der Waals surface area contributed by atoms with Crippen LogP contribution >= 0.6 is 23.5 Å². The van der Waals surface area contributed by atoms with Crippen LogP contribution in [0.25, 0.3) is 5.69 Å². The zero-order chi connectivity index (χ0) is 31.6. The first-order valence-electron chi connectivity index (χ1n) is 14.6. The monoisotopic (exact) mass is 632 g/mol. The van der Waals surface area contributed by atoms with E-state index in [-0.39, 0.29) is 17.4 Å². The van der Waals surface area contributed by atoms with Crippen LogP contribution in [-0.2, 0) is 13.0 Å². The average Bonchev–Trinajstić information content (AvgIpc) is 3.01. The van der Waals surface area contributed by atoms with Gasteiger partial charge in [0, 0.05) is 28.0 Å². The number of urea groups is 1. The predicted octanol–water partition coefficient (Wildman–Crippen LogP) is 8.34. The van der Waals surface area contributed by atoms with E-state index in [1.807, 2.05) is 93.9 Å². The number of para-hydroxylation sites is 1. The third kappa shape index (κ3) is 8.39. The molecule has 2 amide bonds. The minimum atomic E-state index is -0.487. The second-order valence-electron chi connectivity index (χ2n) is 10.5. The van der Waals surface area contributed by atoms with Crippen LogP contribution in [0.3, 0.4) is 0 Å². The van der Waals surface area contributed by atoms with Crippen molar-refractivity contribution in [2.45, 2.75) is 69.6 Å². The molecule has 0 unspecified atom stereocenters. The van der Waals surface area contributed by atoms with Gasteiger partial charge in [-0.15, -0.1) is 23.5 Å². The third-order valence-electron chi connectivity index (χ3n) is 6.79. The predicted molar refractivity (Wildman–Crippen MR) is 182 cm³/mol. The van der Waals surface area contributed by atoms with Crippen LogP contribution in [0.15, 0.2) is 81.6 Å². The first-order chi connectivity index (χ1) is 21.2. The highest BCUT2D eigenvalue weighted by atomic mass is 32.2. The molecule has 0 aliphatic rings. The fourth-order valence-corrected chi connectivity index (χ4v) is 5.94. The van der Waals surface area contributed by atoms with Crippen LogP contribution in [0.1, 0.15) is 50.4 Å². The summed E-state index contributed by atoms with van der Waals surface area (Å²) in [6.07, 6.45) is 8.23. The molecular formula is C34H40N4O4S2. The second-order valence-corrected chi connectivity index (χ2v) is 12.1. The summed E-state index contributed by atoms with van der Waals surface area (Å²) in [5.41, 5.74) is 3.87. The summed E-state index contributed by atoms with van der Waals surface area (Å²) in [6, 6.07) is 18.5. The van der Waals surface area contributed by atoms with Gasteiger partial charge in [0.25, 0.3) is 5.56 Å². The highest BCUT2D eigenvalue weighted by Crippen LogP contribution is 2.34. The summed E-state index contributed by atoms with van der Waals surface area (Å²) in [5.74, 6) is 1.46. The van der Waals surface area contributed by atoms with E-state index < -0.39 is 6.03 Å². The van der Waals surface area contributed by atoms with Crippen molar-refractivity contribution >= 4 is 40.9 Å². The number of carbonyl (C=O) groups is 1. The largest absolute Gasteiger partial charge is 0.491 e. The van der Waals surface area contributed by atoms with Gasteiger partial charge in [-0.3, -0.25) is 9.36 Å². The molecule has 0 atom stereocenters. The number of ether oxygens (including phenoxy) is 2. The number of aromatic nitrogens is 2. The smallest absolute Gasteiger partial charge is 0.323 e. The van der Waals surface area contributed by atoms with Crippen molar-refractivity contribution in [2.75, 3.05) is 23.1 Å². The first kappa shape index (κ1) is 33.0.